The van der Waals surface area contributed by atoms with Crippen molar-refractivity contribution >= 4 is 16.1 Å². The molecule has 2 aromatic rings. The minimum atomic E-state index is -6.16. The van der Waals surface area contributed by atoms with Gasteiger partial charge >= 0.3 is 6.09 Å². The van der Waals surface area contributed by atoms with Gasteiger partial charge in [0, 0.05) is 26.7 Å². The fourth-order valence-electron chi connectivity index (χ4n) is 4.07. The van der Waals surface area contributed by atoms with Crippen LogP contribution in [0.25, 0.3) is 0 Å². The second-order valence-electron chi connectivity index (χ2n) is 9.44. The highest BCUT2D eigenvalue weighted by atomic mass is 32.2. The lowest BCUT2D eigenvalue weighted by Gasteiger charge is -2.39. The van der Waals surface area contributed by atoms with Gasteiger partial charge in [-0.05, 0) is 67.8 Å². The van der Waals surface area contributed by atoms with Crippen LogP contribution in [0.5, 0.6) is 11.5 Å². The van der Waals surface area contributed by atoms with Crippen molar-refractivity contribution in [3.8, 4) is 11.5 Å². The molecule has 1 fully saturated rings. The summed E-state index contributed by atoms with van der Waals surface area (Å²) in [5.41, 5.74) is -1.83. The number of sulfonamides is 1. The Morgan fingerprint density at radius 1 is 1.30 bits per heavy atom. The van der Waals surface area contributed by atoms with Crippen molar-refractivity contribution in [1.29, 1.82) is 1.43 Å². The zero-order valence-corrected chi connectivity index (χ0v) is 23.8. The van der Waals surface area contributed by atoms with Gasteiger partial charge in [-0.15, -0.1) is 0 Å². The van der Waals surface area contributed by atoms with E-state index in [-0.39, 0.29) is 4.90 Å². The molecule has 2 aromatic carbocycles. The maximum Gasteiger partial charge on any atom is 0.408 e. The molecule has 1 unspecified atom stereocenters. The number of carbonyl (C=O) groups is 1. The van der Waals surface area contributed by atoms with Crippen LogP contribution < -0.4 is 9.47 Å². The first-order valence-electron chi connectivity index (χ1n) is 23.6. The number of hydrogen-bond donors (Lipinski definition) is 2. The fourth-order valence-corrected chi connectivity index (χ4v) is 5.38. The Bertz CT molecular complexity index is 2300. The van der Waals surface area contributed by atoms with Gasteiger partial charge in [-0.1, -0.05) is 25.9 Å². The highest BCUT2D eigenvalue weighted by Crippen LogP contribution is 2.35. The van der Waals surface area contributed by atoms with Crippen LogP contribution in [-0.2, 0) is 25.9 Å². The van der Waals surface area contributed by atoms with E-state index in [9.17, 15) is 26.5 Å². The lowest BCUT2D eigenvalue weighted by molar-refractivity contribution is -0.0690. The molecule has 44 heavy (non-hydrogen) atoms. The quantitative estimate of drug-likeness (QED) is 0.290. The summed E-state index contributed by atoms with van der Waals surface area (Å²) in [6.45, 7) is -12.3. The third-order valence-electron chi connectivity index (χ3n) is 5.91. The van der Waals surface area contributed by atoms with Crippen LogP contribution in [0.4, 0.5) is 9.18 Å². The maximum absolute atomic E-state index is 15.5. The lowest BCUT2D eigenvalue weighted by atomic mass is 9.94. The van der Waals surface area contributed by atoms with E-state index in [2.05, 4.69) is 9.85 Å². The Labute approximate surface area is 288 Å². The standard InChI is InChI=1S/C31H41FN2O9S/c1-19(2)16-33(44(38,39)23-10-11-29(40-5)25(32)15-23)17-28(35)26(14-21-6-8-22(9-7-21)43-20(3)4)34(31(36)37)27-18-42-30-24(27)12-13-41-30/h6-13,15,19-20,24,26-28,30,35H,14,16-18H2,1-5H3,(H,36,37)/t24-,26-,27?,28+,30-/m0/s1/i3D3,4D3,5D,6D,7D,8D,9D,10D,11D,14D2,15D,17D2,20D,26D,28D,35D. The number of rotatable bonds is 15. The van der Waals surface area contributed by atoms with E-state index >= 15 is 4.39 Å². The topological polar surface area (TPSA) is 135 Å². The molecule has 11 nitrogen and oxygen atoms in total. The Hall–Kier alpha value is -3.39. The van der Waals surface area contributed by atoms with Crippen molar-refractivity contribution in [1.82, 2.24) is 9.21 Å². The Kier molecular flexibility index (Phi) is 4.76. The van der Waals surface area contributed by atoms with Crippen LogP contribution in [0.3, 0.4) is 0 Å². The summed E-state index contributed by atoms with van der Waals surface area (Å²) in [6, 6.07) is -18.4. The normalized spacial score (nSPS) is 31.0. The zero-order valence-electron chi connectivity index (χ0n) is 45.0. The number of carboxylic acid groups (broad SMARTS) is 1. The molecule has 0 aromatic heterocycles. The molecule has 13 heteroatoms. The van der Waals surface area contributed by atoms with E-state index in [1.807, 2.05) is 0 Å². The van der Waals surface area contributed by atoms with Gasteiger partial charge in [-0.25, -0.2) is 17.6 Å². The van der Waals surface area contributed by atoms with Crippen LogP contribution in [0.2, 0.25) is 0 Å². The van der Waals surface area contributed by atoms with E-state index in [1.54, 1.807) is 0 Å². The van der Waals surface area contributed by atoms with Crippen molar-refractivity contribution in [2.45, 2.75) is 69.3 Å². The molecule has 242 valence electrons. The van der Waals surface area contributed by atoms with Crippen LogP contribution in [0.15, 0.2) is 59.5 Å². The summed E-state index contributed by atoms with van der Waals surface area (Å²) in [6.07, 6.45) is -15.3. The third-order valence-corrected chi connectivity index (χ3v) is 7.45. The highest BCUT2D eigenvalue weighted by molar-refractivity contribution is 7.89. The lowest BCUT2D eigenvalue weighted by Crippen LogP contribution is -2.57. The number of fused-ring (bicyclic) bond motifs is 1. The van der Waals surface area contributed by atoms with Crippen LogP contribution in [0.1, 0.15) is 61.9 Å². The predicted octanol–water partition coefficient (Wildman–Crippen LogP) is 4.11. The number of methoxy groups -OCH3 is 1. The van der Waals surface area contributed by atoms with Crippen LogP contribution in [-0.4, -0.2) is 92.6 Å². The summed E-state index contributed by atoms with van der Waals surface area (Å²) >= 11 is 0. The zero-order chi connectivity index (χ0) is 51.0. The molecule has 0 bridgehead atoms. The molecule has 5 atom stereocenters. The van der Waals surface area contributed by atoms with Gasteiger partial charge in [0.25, 0.3) is 0 Å². The molecule has 1 saturated heterocycles. The van der Waals surface area contributed by atoms with E-state index in [0.717, 1.165) is 12.3 Å². The molecule has 2 aliphatic rings. The molecule has 0 saturated carbocycles. The number of ether oxygens (including phenoxy) is 4. The predicted molar refractivity (Wildman–Crippen MR) is 159 cm³/mol. The summed E-state index contributed by atoms with van der Waals surface area (Å²) in [5, 5.41) is 15.4. The van der Waals surface area contributed by atoms with Crippen molar-refractivity contribution in [2.24, 2.45) is 11.8 Å². The molecular formula is C31H41FN2O9S. The summed E-state index contributed by atoms with van der Waals surface area (Å²) < 4.78 is 251. The molecular weight excluding hydrogens is 595 g/mol. The van der Waals surface area contributed by atoms with Crippen LogP contribution >= 0.6 is 0 Å². The highest BCUT2D eigenvalue weighted by Gasteiger charge is 2.48. The monoisotopic (exact) mass is 658 g/mol. The van der Waals surface area contributed by atoms with E-state index in [1.165, 1.54) is 13.8 Å². The average Bonchev–Trinajstić information content (AvgIpc) is 3.82. The van der Waals surface area contributed by atoms with Crippen molar-refractivity contribution < 1.29 is 75.6 Å². The van der Waals surface area contributed by atoms with Gasteiger partial charge < -0.3 is 29.2 Å². The number of benzene rings is 2. The SMILES string of the molecule is [2H]COc1c([2H])c([2H])c(S(=O)(=O)N(CC(C)C)C([2H])([2H])[C@@]([2H])(O[2H])[C@@]([2H])(N(C(=O)O)C2CO[C@@H]3OC=C[C@@H]23)C([2H])([2H])c2c([2H])c([2H])c(OC([2H])(C([2H])([2H])[2H])C([2H])([2H])[2H])c([2H])c2[2H])c([2H])c1F. The molecule has 2 aliphatic heterocycles. The van der Waals surface area contributed by atoms with E-state index in [4.69, 9.17) is 36.2 Å². The molecule has 1 amide bonds. The second kappa shape index (κ2) is 14.1. The van der Waals surface area contributed by atoms with E-state index < -0.39 is 180 Å². The fraction of sp³-hybridized carbons (Fsp3) is 0.516. The maximum atomic E-state index is 15.5. The van der Waals surface area contributed by atoms with E-state index in [0.29, 0.717) is 0 Å². The van der Waals surface area contributed by atoms with Crippen molar-refractivity contribution in [3.05, 3.63) is 66.0 Å². The number of aliphatic hydroxyl groups is 1. The minimum Gasteiger partial charge on any atom is -0.494 e. The number of halogens is 1. The van der Waals surface area contributed by atoms with Crippen molar-refractivity contribution in [3.63, 3.8) is 0 Å². The molecule has 2 N–H and O–H groups in total. The van der Waals surface area contributed by atoms with Gasteiger partial charge in [0.2, 0.25) is 17.7 Å². The average molecular weight is 659 g/mol. The summed E-state index contributed by atoms with van der Waals surface area (Å²) in [5.74, 6) is -7.38. The van der Waals surface area contributed by atoms with Gasteiger partial charge in [0.05, 0.1) is 70.1 Å². The summed E-state index contributed by atoms with van der Waals surface area (Å²) in [4.78, 5) is 11.4. The van der Waals surface area contributed by atoms with Crippen LogP contribution in [0, 0.1) is 17.7 Å². The largest absolute Gasteiger partial charge is 0.494 e. The number of amides is 1. The second-order valence-corrected chi connectivity index (χ2v) is 11.2. The first kappa shape index (κ1) is 14.8. The molecule has 0 aliphatic carbocycles. The Morgan fingerprint density at radius 2 is 2.07 bits per heavy atom. The molecule has 4 rings (SSSR count). The first-order chi connectivity index (χ1) is 29.8. The number of hydrogen-bond acceptors (Lipinski definition) is 8. The minimum absolute atomic E-state index is 0.384. The third kappa shape index (κ3) is 7.63. The smallest absolute Gasteiger partial charge is 0.408 e. The molecule has 0 radical (unpaired) electrons. The summed E-state index contributed by atoms with van der Waals surface area (Å²) in [7, 11) is -7.26. The molecule has 0 spiro atoms. The van der Waals surface area contributed by atoms with Gasteiger partial charge in [-0.2, -0.15) is 4.31 Å². The number of nitrogens with zero attached hydrogens (tertiary/aromatic N) is 2. The Morgan fingerprint density at radius 3 is 2.73 bits per heavy atom. The first-order valence-corrected chi connectivity index (χ1v) is 13.9. The molecule has 2 heterocycles. The van der Waals surface area contributed by atoms with Gasteiger partial charge in [0.1, 0.15) is 5.75 Å². The van der Waals surface area contributed by atoms with Gasteiger partial charge in [0.15, 0.2) is 11.6 Å². The van der Waals surface area contributed by atoms with Crippen molar-refractivity contribution in [2.75, 3.05) is 26.7 Å². The Balaban J connectivity index is 2.21. The van der Waals surface area contributed by atoms with Gasteiger partial charge in [-0.3, -0.25) is 4.90 Å².